The molecule has 5 rings (SSSR count). The van der Waals surface area contributed by atoms with E-state index < -0.39 is 0 Å². The Kier molecular flexibility index (Phi) is 5.57. The normalized spacial score (nSPS) is 12.7. The molecule has 0 saturated heterocycles. The van der Waals surface area contributed by atoms with Gasteiger partial charge in [0, 0.05) is 26.1 Å². The van der Waals surface area contributed by atoms with Crippen molar-refractivity contribution in [2.75, 3.05) is 0 Å². The van der Waals surface area contributed by atoms with E-state index in [4.69, 9.17) is 28.2 Å². The molecule has 0 aliphatic carbocycles. The Bertz CT molecular complexity index is 1300. The van der Waals surface area contributed by atoms with Crippen LogP contribution in [0.3, 0.4) is 0 Å². The van der Waals surface area contributed by atoms with Crippen molar-refractivity contribution in [3.05, 3.63) is 105 Å². The smallest absolute Gasteiger partial charge is 0.159 e. The van der Waals surface area contributed by atoms with Crippen molar-refractivity contribution < 1.29 is 0 Å². The van der Waals surface area contributed by atoms with Crippen LogP contribution in [0, 0.1) is 6.92 Å². The van der Waals surface area contributed by atoms with Gasteiger partial charge >= 0.3 is 0 Å². The fourth-order valence-corrected chi connectivity index (χ4v) is 4.83. The molecule has 0 amide bonds. The average Bonchev–Trinajstić information content (AvgIpc) is 3.10. The number of hydrogen-bond donors (Lipinski definition) is 0. The van der Waals surface area contributed by atoms with Crippen LogP contribution in [-0.4, -0.2) is 20.5 Å². The van der Waals surface area contributed by atoms with E-state index >= 15 is 0 Å². The zero-order valence-electron chi connectivity index (χ0n) is 16.7. The summed E-state index contributed by atoms with van der Waals surface area (Å²) in [6.45, 7) is 2.50. The van der Waals surface area contributed by atoms with E-state index in [9.17, 15) is 0 Å². The zero-order chi connectivity index (χ0) is 21.4. The highest BCUT2D eigenvalue weighted by atomic mass is 35.5. The third kappa shape index (κ3) is 4.01. The molecule has 0 fully saturated rings. The molecule has 0 unspecified atom stereocenters. The summed E-state index contributed by atoms with van der Waals surface area (Å²) < 4.78 is 2.10. The SMILES string of the molecule is Cc1ccc(SCc2nnc3n2-c2ccc(Cl)cc2C(c2ccccc2Cl)=NC3)cc1. The van der Waals surface area contributed by atoms with Crippen LogP contribution >= 0.6 is 35.0 Å². The summed E-state index contributed by atoms with van der Waals surface area (Å²) in [6.07, 6.45) is 0. The molecule has 2 heterocycles. The molecule has 0 N–H and O–H groups in total. The quantitative estimate of drug-likeness (QED) is 0.322. The Morgan fingerprint density at radius 1 is 0.935 bits per heavy atom. The fourth-order valence-electron chi connectivity index (χ4n) is 3.62. The molecule has 3 aromatic carbocycles. The van der Waals surface area contributed by atoms with Crippen LogP contribution in [0.4, 0.5) is 0 Å². The van der Waals surface area contributed by atoms with Gasteiger partial charge in [-0.2, -0.15) is 0 Å². The second-order valence-corrected chi connectivity index (χ2v) is 9.17. The molecule has 0 saturated carbocycles. The molecule has 0 radical (unpaired) electrons. The van der Waals surface area contributed by atoms with E-state index in [2.05, 4.69) is 46.0 Å². The van der Waals surface area contributed by atoms with E-state index in [1.807, 2.05) is 42.5 Å². The van der Waals surface area contributed by atoms with E-state index in [1.54, 1.807) is 11.8 Å². The van der Waals surface area contributed by atoms with Gasteiger partial charge in [-0.3, -0.25) is 9.56 Å². The summed E-state index contributed by atoms with van der Waals surface area (Å²) >= 11 is 14.6. The highest BCUT2D eigenvalue weighted by molar-refractivity contribution is 7.98. The van der Waals surface area contributed by atoms with E-state index in [-0.39, 0.29) is 0 Å². The number of hydrogen-bond acceptors (Lipinski definition) is 4. The maximum atomic E-state index is 6.51. The standard InChI is InChI=1S/C24H18Cl2N4S/c1-15-6-9-17(10-7-15)31-14-23-29-28-22-13-27-24(18-4-2-3-5-20(18)26)19-12-16(25)8-11-21(19)30(22)23/h2-12H,13-14H2,1H3. The predicted octanol–water partition coefficient (Wildman–Crippen LogP) is 6.53. The summed E-state index contributed by atoms with van der Waals surface area (Å²) in [4.78, 5) is 6.06. The maximum absolute atomic E-state index is 6.51. The van der Waals surface area contributed by atoms with Gasteiger partial charge in [0.25, 0.3) is 0 Å². The molecule has 0 bridgehead atoms. The second-order valence-electron chi connectivity index (χ2n) is 7.28. The lowest BCUT2D eigenvalue weighted by Gasteiger charge is -2.14. The summed E-state index contributed by atoms with van der Waals surface area (Å²) in [5.41, 5.74) is 4.81. The number of rotatable bonds is 4. The third-order valence-corrected chi connectivity index (χ3v) is 6.72. The monoisotopic (exact) mass is 464 g/mol. The molecule has 1 aliphatic rings. The van der Waals surface area contributed by atoms with Crippen LogP contribution in [-0.2, 0) is 12.3 Å². The van der Waals surface area contributed by atoms with Gasteiger partial charge in [-0.1, -0.05) is 59.1 Å². The molecule has 7 heteroatoms. The number of thioether (sulfide) groups is 1. The van der Waals surface area contributed by atoms with Gasteiger partial charge in [0.2, 0.25) is 0 Å². The zero-order valence-corrected chi connectivity index (χ0v) is 19.0. The largest absolute Gasteiger partial charge is 0.280 e. The highest BCUT2D eigenvalue weighted by Crippen LogP contribution is 2.32. The van der Waals surface area contributed by atoms with Crippen LogP contribution < -0.4 is 0 Å². The first-order valence-corrected chi connectivity index (χ1v) is 11.6. The van der Waals surface area contributed by atoms with Crippen molar-refractivity contribution in [3.63, 3.8) is 0 Å². The summed E-state index contributed by atoms with van der Waals surface area (Å²) in [7, 11) is 0. The Morgan fingerprint density at radius 2 is 1.74 bits per heavy atom. The van der Waals surface area contributed by atoms with E-state index in [0.29, 0.717) is 22.3 Å². The Balaban J connectivity index is 1.57. The number of aryl methyl sites for hydroxylation is 1. The number of halogens is 2. The Labute approximate surface area is 195 Å². The van der Waals surface area contributed by atoms with Gasteiger partial charge in [-0.05, 0) is 43.3 Å². The van der Waals surface area contributed by atoms with Gasteiger partial charge in [-0.15, -0.1) is 22.0 Å². The first-order chi connectivity index (χ1) is 15.1. The van der Waals surface area contributed by atoms with Gasteiger partial charge in [0.05, 0.1) is 17.2 Å². The summed E-state index contributed by atoms with van der Waals surface area (Å²) in [5, 5.41) is 10.2. The maximum Gasteiger partial charge on any atom is 0.159 e. The minimum absolute atomic E-state index is 0.412. The number of fused-ring (bicyclic) bond motifs is 3. The Hall–Kier alpha value is -2.60. The highest BCUT2D eigenvalue weighted by Gasteiger charge is 2.24. The molecular formula is C24H18Cl2N4S. The molecule has 154 valence electrons. The minimum Gasteiger partial charge on any atom is -0.280 e. The van der Waals surface area contributed by atoms with Crippen molar-refractivity contribution in [3.8, 4) is 5.69 Å². The average molecular weight is 465 g/mol. The van der Waals surface area contributed by atoms with Crippen molar-refractivity contribution >= 4 is 40.7 Å². The van der Waals surface area contributed by atoms with Crippen molar-refractivity contribution in [1.29, 1.82) is 0 Å². The molecule has 1 aromatic heterocycles. The van der Waals surface area contributed by atoms with Crippen LogP contribution in [0.2, 0.25) is 10.0 Å². The van der Waals surface area contributed by atoms with Gasteiger partial charge in [0.1, 0.15) is 12.4 Å². The number of aromatic nitrogens is 3. The molecular weight excluding hydrogens is 447 g/mol. The first kappa shape index (κ1) is 20.3. The van der Waals surface area contributed by atoms with E-state index in [0.717, 1.165) is 34.2 Å². The summed E-state index contributed by atoms with van der Waals surface area (Å²) in [5.74, 6) is 2.37. The summed E-state index contributed by atoms with van der Waals surface area (Å²) in [6, 6.07) is 22.0. The number of nitrogens with zero attached hydrogens (tertiary/aromatic N) is 4. The number of aliphatic imine (C=N–C) groups is 1. The van der Waals surface area contributed by atoms with Gasteiger partial charge < -0.3 is 0 Å². The van der Waals surface area contributed by atoms with Crippen LogP contribution in [0.15, 0.2) is 76.6 Å². The minimum atomic E-state index is 0.412. The van der Waals surface area contributed by atoms with Crippen LogP contribution in [0.1, 0.15) is 28.3 Å². The molecule has 31 heavy (non-hydrogen) atoms. The second kappa shape index (κ2) is 8.50. The third-order valence-electron chi connectivity index (χ3n) is 5.15. The van der Waals surface area contributed by atoms with Crippen molar-refractivity contribution in [2.45, 2.75) is 24.1 Å². The van der Waals surface area contributed by atoms with Crippen molar-refractivity contribution in [2.24, 2.45) is 4.99 Å². The lowest BCUT2D eigenvalue weighted by Crippen LogP contribution is -2.09. The molecule has 4 aromatic rings. The lowest BCUT2D eigenvalue weighted by atomic mass is 10.0. The fraction of sp³-hybridized carbons (Fsp3) is 0.125. The van der Waals surface area contributed by atoms with E-state index in [1.165, 1.54) is 10.5 Å². The van der Waals surface area contributed by atoms with Crippen LogP contribution in [0.25, 0.3) is 5.69 Å². The Morgan fingerprint density at radius 3 is 2.55 bits per heavy atom. The first-order valence-electron chi connectivity index (χ1n) is 9.82. The van der Waals surface area contributed by atoms with Gasteiger partial charge in [0.15, 0.2) is 5.82 Å². The molecule has 1 aliphatic heterocycles. The lowest BCUT2D eigenvalue weighted by molar-refractivity contribution is 0.859. The topological polar surface area (TPSA) is 43.1 Å². The van der Waals surface area contributed by atoms with Crippen LogP contribution in [0.5, 0.6) is 0 Å². The van der Waals surface area contributed by atoms with Gasteiger partial charge in [-0.25, -0.2) is 0 Å². The predicted molar refractivity (Wildman–Crippen MR) is 128 cm³/mol. The molecule has 0 spiro atoms. The van der Waals surface area contributed by atoms with Crippen molar-refractivity contribution in [1.82, 2.24) is 14.8 Å². The number of benzene rings is 3. The molecule has 0 atom stereocenters. The molecule has 4 nitrogen and oxygen atoms in total.